The van der Waals surface area contributed by atoms with E-state index in [1.165, 1.54) is 22.3 Å². The summed E-state index contributed by atoms with van der Waals surface area (Å²) in [5, 5.41) is 12.7. The Hall–Kier alpha value is -2.94. The maximum absolute atomic E-state index is 11.8. The average Bonchev–Trinajstić information content (AvgIpc) is 3.33. The number of thiazole rings is 1. The molecule has 3 aliphatic heterocycles. The minimum Gasteiger partial charge on any atom is -0.488 e. The molecule has 4 aliphatic rings. The smallest absolute Gasteiger partial charge is 0.311 e. The number of aryl methyl sites for hydroxylation is 1. The van der Waals surface area contributed by atoms with E-state index in [1.54, 1.807) is 11.3 Å². The Morgan fingerprint density at radius 1 is 1.17 bits per heavy atom. The third-order valence-electron chi connectivity index (χ3n) is 10.0. The van der Waals surface area contributed by atoms with Gasteiger partial charge in [-0.3, -0.25) is 9.69 Å². The van der Waals surface area contributed by atoms with Crippen molar-refractivity contribution in [1.82, 2.24) is 9.88 Å². The number of hydrogen-bond donors (Lipinski definition) is 1. The predicted molar refractivity (Wildman–Crippen MR) is 161 cm³/mol. The number of benzene rings is 2. The molecule has 1 aromatic heterocycles. The first-order valence-electron chi connectivity index (χ1n) is 15.0. The van der Waals surface area contributed by atoms with Crippen LogP contribution in [0.1, 0.15) is 47.1 Å². The molecule has 0 bridgehead atoms. The third-order valence-corrected chi connectivity index (χ3v) is 10.9. The molecule has 3 aromatic rings. The number of aromatic nitrogens is 1. The molecule has 2 atom stereocenters. The van der Waals surface area contributed by atoms with Gasteiger partial charge >= 0.3 is 5.97 Å². The lowest BCUT2D eigenvalue weighted by molar-refractivity contribution is -0.143. The van der Waals surface area contributed by atoms with Crippen LogP contribution >= 0.6 is 11.3 Å². The SMILES string of the molecule is Cc1cccc(-c2csc(N3C[C@@H]4C[C@]4(C(=O)O)C3)n2)c1OCc1ccc2c(c1C)CCN(C1CCOCC1)CC2. The van der Waals surface area contributed by atoms with Crippen LogP contribution in [-0.2, 0) is 29.0 Å². The molecule has 216 valence electrons. The summed E-state index contributed by atoms with van der Waals surface area (Å²) >= 11 is 1.59. The van der Waals surface area contributed by atoms with Crippen LogP contribution in [0.25, 0.3) is 11.3 Å². The van der Waals surface area contributed by atoms with Crippen LogP contribution < -0.4 is 9.64 Å². The second kappa shape index (κ2) is 10.7. The fourth-order valence-electron chi connectivity index (χ4n) is 7.34. The highest BCUT2D eigenvalue weighted by atomic mass is 32.1. The van der Waals surface area contributed by atoms with Crippen molar-refractivity contribution in [2.24, 2.45) is 11.3 Å². The number of ether oxygens (including phenoxy) is 2. The van der Waals surface area contributed by atoms with Crippen LogP contribution in [0.2, 0.25) is 0 Å². The van der Waals surface area contributed by atoms with E-state index in [-0.39, 0.29) is 5.92 Å². The molecule has 1 saturated carbocycles. The molecular weight excluding hydrogens is 534 g/mol. The Bertz CT molecular complexity index is 1460. The number of anilines is 1. The number of hydrogen-bond acceptors (Lipinski definition) is 7. The summed E-state index contributed by atoms with van der Waals surface area (Å²) < 4.78 is 12.2. The zero-order chi connectivity index (χ0) is 28.1. The van der Waals surface area contributed by atoms with Crippen LogP contribution in [0, 0.1) is 25.2 Å². The van der Waals surface area contributed by atoms with E-state index >= 15 is 0 Å². The van der Waals surface area contributed by atoms with Crippen LogP contribution in [0.15, 0.2) is 35.7 Å². The monoisotopic (exact) mass is 573 g/mol. The second-order valence-electron chi connectivity index (χ2n) is 12.4. The Morgan fingerprint density at radius 3 is 2.80 bits per heavy atom. The van der Waals surface area contributed by atoms with Gasteiger partial charge in [-0.1, -0.05) is 24.3 Å². The van der Waals surface area contributed by atoms with Crippen molar-refractivity contribution in [2.75, 3.05) is 44.3 Å². The minimum atomic E-state index is -0.666. The number of fused-ring (bicyclic) bond motifs is 2. The molecule has 1 N–H and O–H groups in total. The largest absolute Gasteiger partial charge is 0.488 e. The Kier molecular flexibility index (Phi) is 7.04. The van der Waals surface area contributed by atoms with Crippen LogP contribution in [-0.4, -0.2) is 66.4 Å². The summed E-state index contributed by atoms with van der Waals surface area (Å²) in [4.78, 5) is 21.6. The summed E-state index contributed by atoms with van der Waals surface area (Å²) in [5.74, 6) is 0.454. The number of carboxylic acid groups (broad SMARTS) is 1. The van der Waals surface area contributed by atoms with E-state index in [2.05, 4.69) is 59.4 Å². The van der Waals surface area contributed by atoms with Crippen molar-refractivity contribution >= 4 is 22.4 Å². The minimum absolute atomic E-state index is 0.249. The molecule has 3 fully saturated rings. The maximum Gasteiger partial charge on any atom is 0.311 e. The first-order valence-corrected chi connectivity index (χ1v) is 15.9. The van der Waals surface area contributed by atoms with Crippen molar-refractivity contribution in [3.05, 3.63) is 63.5 Å². The van der Waals surface area contributed by atoms with Gasteiger partial charge in [0.1, 0.15) is 12.4 Å². The van der Waals surface area contributed by atoms with Gasteiger partial charge in [0.25, 0.3) is 0 Å². The van der Waals surface area contributed by atoms with Crippen molar-refractivity contribution in [1.29, 1.82) is 0 Å². The van der Waals surface area contributed by atoms with Gasteiger partial charge < -0.3 is 19.5 Å². The van der Waals surface area contributed by atoms with Crippen molar-refractivity contribution in [3.63, 3.8) is 0 Å². The summed E-state index contributed by atoms with van der Waals surface area (Å²) in [5.41, 5.74) is 8.00. The molecule has 1 aliphatic carbocycles. The lowest BCUT2D eigenvalue weighted by atomic mass is 9.94. The Labute approximate surface area is 246 Å². The molecule has 0 spiro atoms. The van der Waals surface area contributed by atoms with Gasteiger partial charge in [-0.15, -0.1) is 11.3 Å². The number of carboxylic acids is 1. The molecule has 8 heteroatoms. The average molecular weight is 574 g/mol. The number of nitrogens with zero attached hydrogens (tertiary/aromatic N) is 3. The summed E-state index contributed by atoms with van der Waals surface area (Å²) in [6.45, 7) is 10.2. The van der Waals surface area contributed by atoms with E-state index in [4.69, 9.17) is 14.5 Å². The molecule has 0 amide bonds. The molecule has 0 radical (unpaired) electrons. The quantitative estimate of drug-likeness (QED) is 0.400. The summed E-state index contributed by atoms with van der Waals surface area (Å²) in [6.07, 6.45) is 5.28. The molecule has 7 nitrogen and oxygen atoms in total. The molecule has 2 aromatic carbocycles. The van der Waals surface area contributed by atoms with E-state index in [9.17, 15) is 9.90 Å². The Balaban J connectivity index is 1.07. The highest BCUT2D eigenvalue weighted by molar-refractivity contribution is 7.14. The number of rotatable bonds is 7. The van der Waals surface area contributed by atoms with Crippen molar-refractivity contribution in [3.8, 4) is 17.0 Å². The van der Waals surface area contributed by atoms with Gasteiger partial charge in [-0.2, -0.15) is 0 Å². The first kappa shape index (κ1) is 26.9. The third kappa shape index (κ3) is 4.94. The van der Waals surface area contributed by atoms with E-state index < -0.39 is 11.4 Å². The van der Waals surface area contributed by atoms with Gasteiger partial charge in [-0.05, 0) is 85.8 Å². The fraction of sp³-hybridized carbons (Fsp3) is 0.515. The van der Waals surface area contributed by atoms with E-state index in [0.717, 1.165) is 92.7 Å². The molecule has 0 unspecified atom stereocenters. The zero-order valence-electron chi connectivity index (χ0n) is 24.0. The summed E-state index contributed by atoms with van der Waals surface area (Å²) in [7, 11) is 0. The topological polar surface area (TPSA) is 75.1 Å². The maximum atomic E-state index is 11.8. The zero-order valence-corrected chi connectivity index (χ0v) is 24.8. The van der Waals surface area contributed by atoms with Crippen LogP contribution in [0.5, 0.6) is 5.75 Å². The van der Waals surface area contributed by atoms with Crippen molar-refractivity contribution < 1.29 is 19.4 Å². The van der Waals surface area contributed by atoms with E-state index in [1.807, 2.05) is 0 Å². The van der Waals surface area contributed by atoms with Crippen LogP contribution in [0.4, 0.5) is 5.13 Å². The van der Waals surface area contributed by atoms with Gasteiger partial charge in [0, 0.05) is 56.4 Å². The standard InChI is InChI=1S/C33H39N3O4S/c1-21-4-3-5-28(29-19-41-32(34-29)36-17-25-16-33(25,20-36)31(37)38)30(21)40-18-24-7-6-23-8-12-35(13-9-27(23)22(24)2)26-10-14-39-15-11-26/h3-7,19,25-26H,8-18,20H2,1-2H3,(H,37,38)/t25-,33-/m0/s1. The van der Waals surface area contributed by atoms with Crippen molar-refractivity contribution in [2.45, 2.75) is 58.6 Å². The summed E-state index contributed by atoms with van der Waals surface area (Å²) in [6, 6.07) is 11.5. The molecule has 41 heavy (non-hydrogen) atoms. The highest BCUT2D eigenvalue weighted by Crippen LogP contribution is 2.58. The fourth-order valence-corrected chi connectivity index (χ4v) is 8.17. The second-order valence-corrected chi connectivity index (χ2v) is 13.2. The predicted octanol–water partition coefficient (Wildman–Crippen LogP) is 5.50. The van der Waals surface area contributed by atoms with Gasteiger partial charge in [0.05, 0.1) is 11.1 Å². The molecule has 2 saturated heterocycles. The molecule has 4 heterocycles. The lowest BCUT2D eigenvalue weighted by Crippen LogP contribution is -2.40. The Morgan fingerprint density at radius 2 is 2.00 bits per heavy atom. The van der Waals surface area contributed by atoms with Gasteiger partial charge in [0.2, 0.25) is 0 Å². The molecule has 7 rings (SSSR count). The van der Waals surface area contributed by atoms with Gasteiger partial charge in [0.15, 0.2) is 5.13 Å². The molecular formula is C33H39N3O4S. The number of para-hydroxylation sites is 1. The normalized spacial score (nSPS) is 24.5. The first-order chi connectivity index (χ1) is 19.9. The van der Waals surface area contributed by atoms with Crippen LogP contribution in [0.3, 0.4) is 0 Å². The highest BCUT2D eigenvalue weighted by Gasteiger charge is 2.65. The lowest BCUT2D eigenvalue weighted by Gasteiger charge is -2.33. The van der Waals surface area contributed by atoms with Gasteiger partial charge in [-0.25, -0.2) is 4.98 Å². The number of carbonyl (C=O) groups is 1. The van der Waals surface area contributed by atoms with E-state index in [0.29, 0.717) is 19.2 Å². The number of piperidine rings is 1. The number of aliphatic carboxylic acids is 1.